The molecule has 0 fully saturated rings. The molecule has 72 valence electrons. The summed E-state index contributed by atoms with van der Waals surface area (Å²) in [5.41, 5.74) is 8.87. The largest absolute Gasteiger partial charge is 0.391 e. The first-order valence-corrected chi connectivity index (χ1v) is 4.93. The summed E-state index contributed by atoms with van der Waals surface area (Å²) in [4.78, 5) is 3.50. The van der Waals surface area contributed by atoms with E-state index in [2.05, 4.69) is 21.9 Å². The van der Waals surface area contributed by atoms with Gasteiger partial charge >= 0.3 is 0 Å². The fourth-order valence-corrected chi connectivity index (χ4v) is 1.57. The van der Waals surface area contributed by atoms with Crippen molar-refractivity contribution >= 4 is 11.3 Å². The lowest BCUT2D eigenvalue weighted by molar-refractivity contribution is 0.285. The Morgan fingerprint density at radius 3 is 3.21 bits per heavy atom. The molecule has 0 aliphatic heterocycles. The Labute approximate surface area is 85.8 Å². The van der Waals surface area contributed by atoms with E-state index in [1.807, 2.05) is 11.4 Å². The summed E-state index contributed by atoms with van der Waals surface area (Å²) in [6.45, 7) is 0.417. The van der Waals surface area contributed by atoms with Crippen molar-refractivity contribution in [3.8, 4) is 11.8 Å². The van der Waals surface area contributed by atoms with E-state index in [9.17, 15) is 0 Å². The summed E-state index contributed by atoms with van der Waals surface area (Å²) in [5.74, 6) is 5.80. The van der Waals surface area contributed by atoms with Crippen LogP contribution in [0.2, 0.25) is 0 Å². The van der Waals surface area contributed by atoms with Gasteiger partial charge in [-0.25, -0.2) is 0 Å². The van der Waals surface area contributed by atoms with Crippen LogP contribution in [0.15, 0.2) is 16.6 Å². The van der Waals surface area contributed by atoms with Crippen molar-refractivity contribution in [3.63, 3.8) is 0 Å². The van der Waals surface area contributed by atoms with E-state index >= 15 is 0 Å². The van der Waals surface area contributed by atoms with Crippen LogP contribution in [-0.4, -0.2) is 11.7 Å². The highest BCUT2D eigenvalue weighted by Crippen LogP contribution is 2.14. The molecule has 0 amide bonds. The molecule has 14 heavy (non-hydrogen) atoms. The molecule has 1 aromatic heterocycles. The minimum absolute atomic E-state index is 0.0258. The van der Waals surface area contributed by atoms with Gasteiger partial charge in [-0.2, -0.15) is 0 Å². The van der Waals surface area contributed by atoms with Gasteiger partial charge in [-0.1, -0.05) is 17.0 Å². The van der Waals surface area contributed by atoms with Crippen molar-refractivity contribution in [2.45, 2.75) is 13.0 Å². The molecule has 0 atom stereocenters. The molecule has 1 N–H and O–H groups in total. The van der Waals surface area contributed by atoms with E-state index in [-0.39, 0.29) is 6.61 Å². The van der Waals surface area contributed by atoms with Crippen molar-refractivity contribution in [1.82, 2.24) is 0 Å². The third-order valence-corrected chi connectivity index (χ3v) is 2.42. The Morgan fingerprint density at radius 1 is 1.64 bits per heavy atom. The highest BCUT2D eigenvalue weighted by atomic mass is 32.1. The second-order valence-electron chi connectivity index (χ2n) is 2.42. The Bertz CT molecular complexity index is 396. The first kappa shape index (κ1) is 10.6. The summed E-state index contributed by atoms with van der Waals surface area (Å²) >= 11 is 1.48. The van der Waals surface area contributed by atoms with Gasteiger partial charge in [-0.3, -0.25) is 0 Å². The van der Waals surface area contributed by atoms with Crippen LogP contribution in [0.25, 0.3) is 10.4 Å². The van der Waals surface area contributed by atoms with Crippen LogP contribution in [0.5, 0.6) is 0 Å². The second-order valence-corrected chi connectivity index (χ2v) is 3.42. The maximum Gasteiger partial charge on any atom is 0.0787 e. The number of hydrogen-bond donors (Lipinski definition) is 1. The van der Waals surface area contributed by atoms with Crippen LogP contribution in [0.3, 0.4) is 0 Å². The van der Waals surface area contributed by atoms with Gasteiger partial charge in [0.15, 0.2) is 0 Å². The third-order valence-electron chi connectivity index (χ3n) is 1.51. The molecule has 1 aromatic rings. The number of aliphatic hydroxyl groups excluding tert-OH is 1. The van der Waals surface area contributed by atoms with Gasteiger partial charge in [0, 0.05) is 28.3 Å². The highest BCUT2D eigenvalue weighted by Gasteiger charge is 1.97. The Morgan fingerprint density at radius 2 is 2.50 bits per heavy atom. The predicted molar refractivity (Wildman–Crippen MR) is 55.7 cm³/mol. The summed E-state index contributed by atoms with van der Waals surface area (Å²) < 4.78 is 0. The van der Waals surface area contributed by atoms with E-state index in [0.717, 1.165) is 10.4 Å². The minimum atomic E-state index is 0.0258. The van der Waals surface area contributed by atoms with Crippen LogP contribution in [0.4, 0.5) is 0 Å². The zero-order valence-electron chi connectivity index (χ0n) is 7.47. The Balaban J connectivity index is 2.54. The molecular weight excluding hydrogens is 198 g/mol. The van der Waals surface area contributed by atoms with Crippen molar-refractivity contribution in [3.05, 3.63) is 32.3 Å². The van der Waals surface area contributed by atoms with E-state index in [0.29, 0.717) is 13.0 Å². The van der Waals surface area contributed by atoms with Crippen molar-refractivity contribution < 1.29 is 5.11 Å². The maximum atomic E-state index is 8.92. The van der Waals surface area contributed by atoms with Gasteiger partial charge in [0.25, 0.3) is 0 Å². The molecule has 0 saturated carbocycles. The number of nitrogens with zero attached hydrogens (tertiary/aromatic N) is 3. The Kier molecular flexibility index (Phi) is 4.59. The average molecular weight is 207 g/mol. The van der Waals surface area contributed by atoms with Crippen molar-refractivity contribution in [2.75, 3.05) is 6.54 Å². The topological polar surface area (TPSA) is 69.0 Å². The zero-order chi connectivity index (χ0) is 10.2. The summed E-state index contributed by atoms with van der Waals surface area (Å²) in [6, 6.07) is 1.87. The Hall–Kier alpha value is -1.47. The van der Waals surface area contributed by atoms with Crippen LogP contribution < -0.4 is 0 Å². The molecule has 0 unspecified atom stereocenters. The van der Waals surface area contributed by atoms with Crippen molar-refractivity contribution in [2.24, 2.45) is 5.11 Å². The number of aliphatic hydroxyl groups is 1. The lowest BCUT2D eigenvalue weighted by atomic mass is 10.2. The normalized spacial score (nSPS) is 8.64. The number of hydrogen-bond acceptors (Lipinski definition) is 3. The molecule has 1 rings (SSSR count). The standard InChI is InChI=1S/C9H9N3OS/c10-12-11-5-2-1-3-8-4-6-14-9(8)7-13/h4,6,13H,2,5,7H2. The summed E-state index contributed by atoms with van der Waals surface area (Å²) in [6.07, 6.45) is 0.546. The van der Waals surface area contributed by atoms with Crippen LogP contribution in [-0.2, 0) is 6.61 Å². The molecule has 0 radical (unpaired) electrons. The summed E-state index contributed by atoms with van der Waals surface area (Å²) in [5, 5.41) is 14.2. The fourth-order valence-electron chi connectivity index (χ4n) is 0.883. The van der Waals surface area contributed by atoms with Gasteiger partial charge in [-0.05, 0) is 17.0 Å². The fraction of sp³-hybridized carbons (Fsp3) is 0.333. The monoisotopic (exact) mass is 207 g/mol. The zero-order valence-corrected chi connectivity index (χ0v) is 8.29. The van der Waals surface area contributed by atoms with E-state index in [1.165, 1.54) is 11.3 Å². The van der Waals surface area contributed by atoms with E-state index in [4.69, 9.17) is 10.6 Å². The van der Waals surface area contributed by atoms with Gasteiger partial charge in [-0.15, -0.1) is 11.3 Å². The van der Waals surface area contributed by atoms with Gasteiger partial charge in [0.1, 0.15) is 0 Å². The molecule has 5 heteroatoms. The molecule has 1 heterocycles. The quantitative estimate of drug-likeness (QED) is 0.267. The van der Waals surface area contributed by atoms with Crippen LogP contribution >= 0.6 is 11.3 Å². The molecule has 4 nitrogen and oxygen atoms in total. The molecule has 0 aromatic carbocycles. The number of rotatable bonds is 3. The minimum Gasteiger partial charge on any atom is -0.391 e. The highest BCUT2D eigenvalue weighted by molar-refractivity contribution is 7.10. The summed E-state index contributed by atoms with van der Waals surface area (Å²) in [7, 11) is 0. The van der Waals surface area contributed by atoms with Gasteiger partial charge in [0.2, 0.25) is 0 Å². The molecule has 0 aliphatic carbocycles. The lowest BCUT2D eigenvalue weighted by Crippen LogP contribution is -1.81. The number of azide groups is 1. The predicted octanol–water partition coefficient (Wildman–Crippen LogP) is 2.29. The van der Waals surface area contributed by atoms with Crippen LogP contribution in [0.1, 0.15) is 16.9 Å². The molecular formula is C9H9N3OS. The lowest BCUT2D eigenvalue weighted by Gasteiger charge is -1.88. The molecule has 0 spiro atoms. The van der Waals surface area contributed by atoms with Crippen molar-refractivity contribution in [1.29, 1.82) is 0 Å². The van der Waals surface area contributed by atoms with Gasteiger partial charge < -0.3 is 5.11 Å². The third kappa shape index (κ3) is 3.11. The maximum absolute atomic E-state index is 8.92. The van der Waals surface area contributed by atoms with Crippen LogP contribution in [0, 0.1) is 11.8 Å². The van der Waals surface area contributed by atoms with Gasteiger partial charge in [0.05, 0.1) is 6.61 Å². The van der Waals surface area contributed by atoms with E-state index < -0.39 is 0 Å². The average Bonchev–Trinajstić information content (AvgIpc) is 2.65. The number of thiophene rings is 1. The van der Waals surface area contributed by atoms with E-state index in [1.54, 1.807) is 0 Å². The molecule has 0 aliphatic rings. The SMILES string of the molecule is [N-]=[N+]=NCCC#Cc1ccsc1CO. The smallest absolute Gasteiger partial charge is 0.0787 e. The first-order valence-electron chi connectivity index (χ1n) is 4.05. The first-order chi connectivity index (χ1) is 6.88. The molecule has 0 saturated heterocycles. The molecule has 0 bridgehead atoms. The second kappa shape index (κ2) is 6.06.